The van der Waals surface area contributed by atoms with Crippen LogP contribution in [0.3, 0.4) is 0 Å². The van der Waals surface area contributed by atoms with Gasteiger partial charge in [0, 0.05) is 32.3 Å². The predicted molar refractivity (Wildman–Crippen MR) is 79.1 cm³/mol. The van der Waals surface area contributed by atoms with Crippen LogP contribution in [-0.4, -0.2) is 41.4 Å². The summed E-state index contributed by atoms with van der Waals surface area (Å²) >= 11 is 5.33. The van der Waals surface area contributed by atoms with Crippen LogP contribution in [0.4, 0.5) is 0 Å². The SMILES string of the molecule is CNC(=S)N(Cc1ccccc1O)C[C@@H]1CCCO1. The molecule has 1 aromatic rings. The lowest BCUT2D eigenvalue weighted by Gasteiger charge is -2.27. The molecule has 2 N–H and O–H groups in total. The van der Waals surface area contributed by atoms with Crippen LogP contribution in [0.2, 0.25) is 0 Å². The van der Waals surface area contributed by atoms with Crippen LogP contribution in [0.15, 0.2) is 24.3 Å². The highest BCUT2D eigenvalue weighted by atomic mass is 32.1. The number of hydrogen-bond acceptors (Lipinski definition) is 3. The van der Waals surface area contributed by atoms with E-state index in [9.17, 15) is 5.11 Å². The Balaban J connectivity index is 2.05. The number of aromatic hydroxyl groups is 1. The molecule has 1 heterocycles. The topological polar surface area (TPSA) is 44.7 Å². The molecule has 0 unspecified atom stereocenters. The van der Waals surface area contributed by atoms with E-state index in [2.05, 4.69) is 5.32 Å². The molecule has 2 rings (SSSR count). The van der Waals surface area contributed by atoms with E-state index in [0.29, 0.717) is 17.4 Å². The maximum absolute atomic E-state index is 9.85. The maximum Gasteiger partial charge on any atom is 0.169 e. The zero-order valence-corrected chi connectivity index (χ0v) is 11.9. The van der Waals surface area contributed by atoms with Crippen LogP contribution < -0.4 is 5.32 Å². The van der Waals surface area contributed by atoms with Crippen molar-refractivity contribution in [3.8, 4) is 5.75 Å². The lowest BCUT2D eigenvalue weighted by molar-refractivity contribution is 0.0897. The van der Waals surface area contributed by atoms with E-state index in [-0.39, 0.29) is 6.10 Å². The zero-order chi connectivity index (χ0) is 13.7. The fourth-order valence-electron chi connectivity index (χ4n) is 2.26. The highest BCUT2D eigenvalue weighted by molar-refractivity contribution is 7.80. The van der Waals surface area contributed by atoms with Gasteiger partial charge in [0.25, 0.3) is 0 Å². The summed E-state index contributed by atoms with van der Waals surface area (Å²) in [6.45, 7) is 2.18. The smallest absolute Gasteiger partial charge is 0.169 e. The molecule has 4 nitrogen and oxygen atoms in total. The van der Waals surface area contributed by atoms with Gasteiger partial charge in [0.15, 0.2) is 5.11 Å². The van der Waals surface area contributed by atoms with Crippen molar-refractivity contribution in [1.29, 1.82) is 0 Å². The van der Waals surface area contributed by atoms with Crippen molar-refractivity contribution in [2.24, 2.45) is 0 Å². The number of hydrogen-bond donors (Lipinski definition) is 2. The van der Waals surface area contributed by atoms with Crippen molar-refractivity contribution >= 4 is 17.3 Å². The number of thiocarbonyl (C=S) groups is 1. The van der Waals surface area contributed by atoms with Crippen LogP contribution >= 0.6 is 12.2 Å². The van der Waals surface area contributed by atoms with Crippen LogP contribution in [0, 0.1) is 0 Å². The molecule has 19 heavy (non-hydrogen) atoms. The second-order valence-corrected chi connectivity index (χ2v) is 5.09. The first kappa shape index (κ1) is 14.1. The van der Waals surface area contributed by atoms with E-state index in [1.807, 2.05) is 30.1 Å². The molecular formula is C14H20N2O2S. The fourth-order valence-corrected chi connectivity index (χ4v) is 2.40. The van der Waals surface area contributed by atoms with E-state index in [1.165, 1.54) is 0 Å². The molecule has 1 aliphatic heterocycles. The summed E-state index contributed by atoms with van der Waals surface area (Å²) in [5, 5.41) is 13.5. The molecule has 0 aromatic heterocycles. The highest BCUT2D eigenvalue weighted by Gasteiger charge is 2.21. The average molecular weight is 280 g/mol. The molecule has 5 heteroatoms. The van der Waals surface area contributed by atoms with Crippen molar-refractivity contribution in [3.63, 3.8) is 0 Å². The summed E-state index contributed by atoms with van der Waals surface area (Å²) in [7, 11) is 1.82. The van der Waals surface area contributed by atoms with Gasteiger partial charge in [-0.15, -0.1) is 0 Å². The van der Waals surface area contributed by atoms with Crippen LogP contribution in [0.25, 0.3) is 0 Å². The molecule has 1 aromatic carbocycles. The van der Waals surface area contributed by atoms with Gasteiger partial charge < -0.3 is 20.1 Å². The van der Waals surface area contributed by atoms with Gasteiger partial charge in [0.1, 0.15) is 5.75 Å². The van der Waals surface area contributed by atoms with Crippen molar-refractivity contribution in [1.82, 2.24) is 10.2 Å². The average Bonchev–Trinajstić information content (AvgIpc) is 2.92. The molecule has 0 spiro atoms. The number of para-hydroxylation sites is 1. The van der Waals surface area contributed by atoms with Gasteiger partial charge in [-0.1, -0.05) is 18.2 Å². The molecule has 0 radical (unpaired) electrons. The number of nitrogens with zero attached hydrogens (tertiary/aromatic N) is 1. The second kappa shape index (κ2) is 6.73. The van der Waals surface area contributed by atoms with Gasteiger partial charge in [0.05, 0.1) is 6.10 Å². The lowest BCUT2D eigenvalue weighted by atomic mass is 10.1. The summed E-state index contributed by atoms with van der Waals surface area (Å²) in [6.07, 6.45) is 2.42. The van der Waals surface area contributed by atoms with Crippen molar-refractivity contribution in [3.05, 3.63) is 29.8 Å². The molecule has 1 saturated heterocycles. The number of benzene rings is 1. The van der Waals surface area contributed by atoms with Gasteiger partial charge >= 0.3 is 0 Å². The Morgan fingerprint density at radius 3 is 2.95 bits per heavy atom. The number of rotatable bonds is 4. The predicted octanol–water partition coefficient (Wildman–Crippen LogP) is 1.88. The first-order valence-corrected chi connectivity index (χ1v) is 6.96. The molecule has 0 amide bonds. The van der Waals surface area contributed by atoms with Gasteiger partial charge in [-0.25, -0.2) is 0 Å². The summed E-state index contributed by atoms with van der Waals surface area (Å²) in [6, 6.07) is 7.35. The number of nitrogens with one attached hydrogen (secondary N) is 1. The van der Waals surface area contributed by atoms with Gasteiger partial charge in [-0.2, -0.15) is 0 Å². The summed E-state index contributed by atoms with van der Waals surface area (Å²) in [5.74, 6) is 0.304. The quantitative estimate of drug-likeness (QED) is 0.825. The van der Waals surface area contributed by atoms with Crippen molar-refractivity contribution in [2.45, 2.75) is 25.5 Å². The Hall–Kier alpha value is -1.33. The minimum Gasteiger partial charge on any atom is -0.508 e. The first-order chi connectivity index (χ1) is 9.20. The molecule has 104 valence electrons. The third-order valence-corrected chi connectivity index (χ3v) is 3.76. The van der Waals surface area contributed by atoms with Gasteiger partial charge in [0.2, 0.25) is 0 Å². The normalized spacial score (nSPS) is 18.3. The Morgan fingerprint density at radius 1 is 1.53 bits per heavy atom. The molecule has 1 fully saturated rings. The van der Waals surface area contributed by atoms with Crippen LogP contribution in [-0.2, 0) is 11.3 Å². The Morgan fingerprint density at radius 2 is 2.32 bits per heavy atom. The minimum absolute atomic E-state index is 0.233. The van der Waals surface area contributed by atoms with Gasteiger partial charge in [-0.3, -0.25) is 0 Å². The van der Waals surface area contributed by atoms with E-state index in [4.69, 9.17) is 17.0 Å². The standard InChI is InChI=1S/C14H20N2O2S/c1-15-14(19)16(10-12-6-4-8-18-12)9-11-5-2-3-7-13(11)17/h2-3,5,7,12,17H,4,6,8-10H2,1H3,(H,15,19)/t12-/m0/s1. The number of ether oxygens (including phenoxy) is 1. The highest BCUT2D eigenvalue weighted by Crippen LogP contribution is 2.20. The van der Waals surface area contributed by atoms with E-state index < -0.39 is 0 Å². The van der Waals surface area contributed by atoms with Gasteiger partial charge in [-0.05, 0) is 31.1 Å². The number of phenolic OH excluding ortho intramolecular Hbond substituents is 1. The molecule has 1 atom stereocenters. The molecular weight excluding hydrogens is 260 g/mol. The summed E-state index contributed by atoms with van der Waals surface area (Å²) in [4.78, 5) is 2.04. The van der Waals surface area contributed by atoms with Crippen molar-refractivity contribution < 1.29 is 9.84 Å². The fraction of sp³-hybridized carbons (Fsp3) is 0.500. The molecule has 0 bridgehead atoms. The Labute approximate surface area is 119 Å². The van der Waals surface area contributed by atoms with E-state index in [0.717, 1.165) is 31.6 Å². The Bertz CT molecular complexity index is 433. The largest absolute Gasteiger partial charge is 0.508 e. The maximum atomic E-state index is 9.85. The molecule has 1 aliphatic rings. The first-order valence-electron chi connectivity index (χ1n) is 6.56. The lowest BCUT2D eigenvalue weighted by Crippen LogP contribution is -2.41. The zero-order valence-electron chi connectivity index (χ0n) is 11.1. The van der Waals surface area contributed by atoms with E-state index in [1.54, 1.807) is 6.07 Å². The van der Waals surface area contributed by atoms with Crippen molar-refractivity contribution in [2.75, 3.05) is 20.2 Å². The molecule has 0 aliphatic carbocycles. The summed E-state index contributed by atoms with van der Waals surface area (Å²) in [5.41, 5.74) is 0.873. The summed E-state index contributed by atoms with van der Waals surface area (Å²) < 4.78 is 5.65. The molecule has 0 saturated carbocycles. The third-order valence-electron chi connectivity index (χ3n) is 3.30. The van der Waals surface area contributed by atoms with Crippen LogP contribution in [0.1, 0.15) is 18.4 Å². The monoisotopic (exact) mass is 280 g/mol. The van der Waals surface area contributed by atoms with Crippen LogP contribution in [0.5, 0.6) is 5.75 Å². The minimum atomic E-state index is 0.233. The number of phenols is 1. The Kier molecular flexibility index (Phi) is 4.99. The van der Waals surface area contributed by atoms with E-state index >= 15 is 0 Å². The second-order valence-electron chi connectivity index (χ2n) is 4.70. The third kappa shape index (κ3) is 3.81.